The number of fused-ring (bicyclic) bond motifs is 3. The molecule has 1 aliphatic heterocycles. The van der Waals surface area contributed by atoms with E-state index in [1.807, 2.05) is 50.2 Å². The maximum absolute atomic E-state index is 9.23. The average Bonchev–Trinajstić information content (AvgIpc) is 3.00. The second kappa shape index (κ2) is 8.62. The van der Waals surface area contributed by atoms with E-state index in [0.29, 0.717) is 29.4 Å². The number of imidazole rings is 1. The van der Waals surface area contributed by atoms with Gasteiger partial charge >= 0.3 is 0 Å². The smallest absolute Gasteiger partial charge is 0.166 e. The molecule has 2 atom stereocenters. The monoisotopic (exact) mass is 437 g/mol. The zero-order chi connectivity index (χ0) is 22.1. The van der Waals surface area contributed by atoms with E-state index in [1.165, 1.54) is 0 Å². The Morgan fingerprint density at radius 3 is 2.68 bits per heavy atom. The van der Waals surface area contributed by atoms with Crippen molar-refractivity contribution < 1.29 is 14.2 Å². The van der Waals surface area contributed by atoms with Gasteiger partial charge in [0.15, 0.2) is 11.5 Å². The van der Waals surface area contributed by atoms with Crippen LogP contribution >= 0.6 is 11.6 Å². The molecule has 0 fully saturated rings. The van der Waals surface area contributed by atoms with Crippen molar-refractivity contribution in [1.29, 1.82) is 5.26 Å². The standard InChI is InChI=1S/C24H24ClN3O3/c1-14-15(2)28-19-11-10-16(25)13-18(19)22(31-21(9-6-12-26)24(28)27-14)17-7-5-8-20(29-3)23(17)30-4/h5,7-8,10-11,13,21-22H,6,9H2,1-4H3. The Labute approximate surface area is 186 Å². The first-order valence-corrected chi connectivity index (χ1v) is 10.5. The van der Waals surface area contributed by atoms with E-state index < -0.39 is 6.10 Å². The van der Waals surface area contributed by atoms with Crippen molar-refractivity contribution in [1.82, 2.24) is 9.55 Å². The van der Waals surface area contributed by atoms with Gasteiger partial charge in [-0.1, -0.05) is 23.7 Å². The second-order valence-corrected chi connectivity index (χ2v) is 7.90. The van der Waals surface area contributed by atoms with Crippen LogP contribution in [0.1, 0.15) is 53.4 Å². The van der Waals surface area contributed by atoms with Gasteiger partial charge in [-0.2, -0.15) is 5.26 Å². The number of rotatable bonds is 5. The third kappa shape index (κ3) is 3.65. The molecule has 0 N–H and O–H groups in total. The highest BCUT2D eigenvalue weighted by molar-refractivity contribution is 6.30. The van der Waals surface area contributed by atoms with E-state index in [9.17, 15) is 5.26 Å². The Bertz CT molecular complexity index is 1170. The molecule has 1 aliphatic rings. The number of aryl methyl sites for hydroxylation is 1. The number of nitrogens with zero attached hydrogens (tertiary/aromatic N) is 3. The molecule has 160 valence electrons. The van der Waals surface area contributed by atoms with E-state index in [1.54, 1.807) is 14.2 Å². The van der Waals surface area contributed by atoms with Crippen LogP contribution in [0.4, 0.5) is 0 Å². The zero-order valence-electron chi connectivity index (χ0n) is 18.0. The van der Waals surface area contributed by atoms with Crippen molar-refractivity contribution in [2.75, 3.05) is 14.2 Å². The van der Waals surface area contributed by atoms with E-state index in [-0.39, 0.29) is 6.10 Å². The lowest BCUT2D eigenvalue weighted by Crippen LogP contribution is -2.12. The van der Waals surface area contributed by atoms with Crippen LogP contribution in [0.2, 0.25) is 5.02 Å². The van der Waals surface area contributed by atoms with E-state index in [4.69, 9.17) is 30.8 Å². The van der Waals surface area contributed by atoms with Crippen LogP contribution in [0.5, 0.6) is 11.5 Å². The van der Waals surface area contributed by atoms with Gasteiger partial charge in [-0.15, -0.1) is 0 Å². The number of methoxy groups -OCH3 is 2. The van der Waals surface area contributed by atoms with Crippen molar-refractivity contribution >= 4 is 11.6 Å². The lowest BCUT2D eigenvalue weighted by Gasteiger charge is -2.25. The summed E-state index contributed by atoms with van der Waals surface area (Å²) in [5.41, 5.74) is 4.64. The molecule has 7 heteroatoms. The number of nitriles is 1. The van der Waals surface area contributed by atoms with Crippen molar-refractivity contribution in [2.24, 2.45) is 0 Å². The van der Waals surface area contributed by atoms with Gasteiger partial charge in [0.25, 0.3) is 0 Å². The Kier molecular flexibility index (Phi) is 5.90. The number of ether oxygens (including phenoxy) is 3. The van der Waals surface area contributed by atoms with Gasteiger partial charge in [-0.05, 0) is 44.5 Å². The SMILES string of the molecule is COc1cccc(C2OC(CCC#N)c3nc(C)c(C)n3-c3ccc(Cl)cc32)c1OC. The van der Waals surface area contributed by atoms with Crippen LogP contribution in [-0.2, 0) is 4.74 Å². The number of halogens is 1. The first-order chi connectivity index (χ1) is 15.0. The largest absolute Gasteiger partial charge is 0.493 e. The molecule has 4 rings (SSSR count). The fourth-order valence-electron chi connectivity index (χ4n) is 4.15. The van der Waals surface area contributed by atoms with E-state index in [0.717, 1.165) is 34.0 Å². The van der Waals surface area contributed by atoms with Crippen LogP contribution in [-0.4, -0.2) is 23.8 Å². The summed E-state index contributed by atoms with van der Waals surface area (Å²) in [4.78, 5) is 4.81. The first-order valence-electron chi connectivity index (χ1n) is 10.1. The quantitative estimate of drug-likeness (QED) is 0.517. The van der Waals surface area contributed by atoms with Gasteiger partial charge in [0, 0.05) is 28.3 Å². The van der Waals surface area contributed by atoms with Crippen molar-refractivity contribution in [3.63, 3.8) is 0 Å². The molecule has 0 bridgehead atoms. The summed E-state index contributed by atoms with van der Waals surface area (Å²) in [6.07, 6.45) is 0.0222. The minimum Gasteiger partial charge on any atom is -0.493 e. The highest BCUT2D eigenvalue weighted by Crippen LogP contribution is 2.46. The van der Waals surface area contributed by atoms with Gasteiger partial charge in [0.2, 0.25) is 0 Å². The van der Waals surface area contributed by atoms with Crippen molar-refractivity contribution in [3.8, 4) is 23.3 Å². The number of para-hydroxylation sites is 1. The highest BCUT2D eigenvalue weighted by Gasteiger charge is 2.34. The summed E-state index contributed by atoms with van der Waals surface area (Å²) in [6, 6.07) is 13.7. The molecule has 3 aromatic rings. The van der Waals surface area contributed by atoms with Gasteiger partial charge in [0.1, 0.15) is 18.0 Å². The van der Waals surface area contributed by atoms with E-state index >= 15 is 0 Å². The molecule has 1 aromatic heterocycles. The van der Waals surface area contributed by atoms with Crippen LogP contribution in [0.15, 0.2) is 36.4 Å². The Morgan fingerprint density at radius 2 is 1.97 bits per heavy atom. The predicted octanol–water partition coefficient (Wildman–Crippen LogP) is 5.62. The van der Waals surface area contributed by atoms with E-state index in [2.05, 4.69) is 10.6 Å². The molecule has 6 nitrogen and oxygen atoms in total. The highest BCUT2D eigenvalue weighted by atomic mass is 35.5. The third-order valence-corrected chi connectivity index (χ3v) is 5.94. The molecule has 0 spiro atoms. The number of hydrogen-bond acceptors (Lipinski definition) is 5. The summed E-state index contributed by atoms with van der Waals surface area (Å²) >= 11 is 6.43. The Balaban J connectivity index is 1.99. The summed E-state index contributed by atoms with van der Waals surface area (Å²) in [5.74, 6) is 2.01. The fourth-order valence-corrected chi connectivity index (χ4v) is 4.33. The van der Waals surface area contributed by atoms with Crippen LogP contribution in [0.25, 0.3) is 5.69 Å². The molecule has 0 saturated carbocycles. The zero-order valence-corrected chi connectivity index (χ0v) is 18.7. The van der Waals surface area contributed by atoms with Gasteiger partial charge in [-0.25, -0.2) is 4.98 Å². The first kappa shape index (κ1) is 21.2. The van der Waals surface area contributed by atoms with Gasteiger partial charge < -0.3 is 14.2 Å². The van der Waals surface area contributed by atoms with Gasteiger partial charge in [-0.3, -0.25) is 4.57 Å². The number of benzene rings is 2. The normalized spacial score (nSPS) is 17.3. The average molecular weight is 438 g/mol. The maximum atomic E-state index is 9.23. The lowest BCUT2D eigenvalue weighted by atomic mass is 9.98. The molecule has 0 amide bonds. The summed E-state index contributed by atoms with van der Waals surface area (Å²) in [7, 11) is 3.22. The van der Waals surface area contributed by atoms with Crippen molar-refractivity contribution in [3.05, 3.63) is 69.8 Å². The van der Waals surface area contributed by atoms with Crippen LogP contribution < -0.4 is 9.47 Å². The molecular weight excluding hydrogens is 414 g/mol. The van der Waals surface area contributed by atoms with Crippen molar-refractivity contribution in [2.45, 2.75) is 38.9 Å². The molecule has 31 heavy (non-hydrogen) atoms. The molecule has 2 aromatic carbocycles. The number of aromatic nitrogens is 2. The fraction of sp³-hybridized carbons (Fsp3) is 0.333. The molecule has 0 radical (unpaired) electrons. The Morgan fingerprint density at radius 1 is 1.16 bits per heavy atom. The molecule has 0 saturated heterocycles. The maximum Gasteiger partial charge on any atom is 0.166 e. The number of hydrogen-bond donors (Lipinski definition) is 0. The molecule has 2 heterocycles. The minimum absolute atomic E-state index is 0.356. The molecule has 2 unspecified atom stereocenters. The topological polar surface area (TPSA) is 69.3 Å². The van der Waals surface area contributed by atoms with Gasteiger partial charge in [0.05, 0.1) is 31.7 Å². The summed E-state index contributed by atoms with van der Waals surface area (Å²) in [6.45, 7) is 4.02. The minimum atomic E-state index is -0.483. The summed E-state index contributed by atoms with van der Waals surface area (Å²) < 4.78 is 20.0. The summed E-state index contributed by atoms with van der Waals surface area (Å²) in [5, 5.41) is 9.84. The second-order valence-electron chi connectivity index (χ2n) is 7.46. The molecule has 0 aliphatic carbocycles. The molecular formula is C24H24ClN3O3. The third-order valence-electron chi connectivity index (χ3n) is 5.71. The Hall–Kier alpha value is -3.01. The van der Waals surface area contributed by atoms with Crippen LogP contribution in [0, 0.1) is 25.2 Å². The lowest BCUT2D eigenvalue weighted by molar-refractivity contribution is -0.000559. The van der Waals surface area contributed by atoms with Crippen LogP contribution in [0.3, 0.4) is 0 Å². The predicted molar refractivity (Wildman–Crippen MR) is 118 cm³/mol.